The van der Waals surface area contributed by atoms with Gasteiger partial charge in [-0.25, -0.2) is 0 Å². The van der Waals surface area contributed by atoms with Gasteiger partial charge in [0.1, 0.15) is 5.75 Å². The minimum Gasteiger partial charge on any atom is -0.494 e. The van der Waals surface area contributed by atoms with Crippen LogP contribution >= 0.6 is 0 Å². The van der Waals surface area contributed by atoms with E-state index in [1.807, 2.05) is 6.07 Å². The highest BCUT2D eigenvalue weighted by molar-refractivity contribution is 6.04. The maximum atomic E-state index is 12.4. The van der Waals surface area contributed by atoms with Crippen LogP contribution in [0.3, 0.4) is 0 Å². The number of amides is 2. The zero-order valence-electron chi connectivity index (χ0n) is 14.8. The highest BCUT2D eigenvalue weighted by Crippen LogP contribution is 2.18. The van der Waals surface area contributed by atoms with Crippen molar-refractivity contribution in [3.05, 3.63) is 54.1 Å². The Hall–Kier alpha value is -2.82. The van der Waals surface area contributed by atoms with Crippen molar-refractivity contribution in [3.63, 3.8) is 0 Å². The van der Waals surface area contributed by atoms with E-state index in [2.05, 4.69) is 24.5 Å². The van der Waals surface area contributed by atoms with Crippen molar-refractivity contribution >= 4 is 23.2 Å². The lowest BCUT2D eigenvalue weighted by Gasteiger charge is -2.10. The summed E-state index contributed by atoms with van der Waals surface area (Å²) in [6, 6.07) is 14.1. The second kappa shape index (κ2) is 8.87. The van der Waals surface area contributed by atoms with Crippen molar-refractivity contribution in [3.8, 4) is 5.75 Å². The van der Waals surface area contributed by atoms with Crippen molar-refractivity contribution in [2.45, 2.75) is 27.2 Å². The Morgan fingerprint density at radius 1 is 1.00 bits per heavy atom. The topological polar surface area (TPSA) is 67.4 Å². The van der Waals surface area contributed by atoms with E-state index in [0.717, 1.165) is 6.42 Å². The lowest BCUT2D eigenvalue weighted by Crippen LogP contribution is -2.12. The van der Waals surface area contributed by atoms with Crippen LogP contribution in [0.25, 0.3) is 0 Å². The van der Waals surface area contributed by atoms with Crippen LogP contribution < -0.4 is 15.4 Å². The van der Waals surface area contributed by atoms with Crippen LogP contribution in [0.5, 0.6) is 5.75 Å². The molecular weight excluding hydrogens is 316 g/mol. The average molecular weight is 340 g/mol. The molecule has 0 radical (unpaired) electrons. The fourth-order valence-electron chi connectivity index (χ4n) is 2.18. The van der Waals surface area contributed by atoms with Crippen LogP contribution in [-0.2, 0) is 4.79 Å². The lowest BCUT2D eigenvalue weighted by molar-refractivity contribution is -0.114. The van der Waals surface area contributed by atoms with Crippen LogP contribution in [0, 0.1) is 5.92 Å². The first-order valence-corrected chi connectivity index (χ1v) is 8.36. The van der Waals surface area contributed by atoms with Gasteiger partial charge >= 0.3 is 0 Å². The molecule has 0 atom stereocenters. The zero-order valence-corrected chi connectivity index (χ0v) is 14.8. The molecule has 2 N–H and O–H groups in total. The van der Waals surface area contributed by atoms with E-state index >= 15 is 0 Å². The SMILES string of the molecule is CC(=O)Nc1ccc(NC(=O)c2cccc(OCCC(C)C)c2)cc1. The average Bonchev–Trinajstić information content (AvgIpc) is 2.56. The molecular formula is C20H24N2O3. The Kier molecular flexibility index (Phi) is 6.57. The lowest BCUT2D eigenvalue weighted by atomic mass is 10.1. The Morgan fingerprint density at radius 3 is 2.24 bits per heavy atom. The van der Waals surface area contributed by atoms with Gasteiger partial charge in [-0.2, -0.15) is 0 Å². The van der Waals surface area contributed by atoms with E-state index in [9.17, 15) is 9.59 Å². The molecule has 2 rings (SSSR count). The highest BCUT2D eigenvalue weighted by atomic mass is 16.5. The van der Waals surface area contributed by atoms with Crippen LogP contribution in [0.2, 0.25) is 0 Å². The number of hydrogen-bond donors (Lipinski definition) is 2. The van der Waals surface area contributed by atoms with Gasteiger partial charge in [0.15, 0.2) is 0 Å². The normalized spacial score (nSPS) is 10.4. The molecule has 2 amide bonds. The molecule has 0 heterocycles. The standard InChI is InChI=1S/C20H24N2O3/c1-14(2)11-12-25-19-6-4-5-16(13-19)20(24)22-18-9-7-17(8-10-18)21-15(3)23/h4-10,13-14H,11-12H2,1-3H3,(H,21,23)(H,22,24). The quantitative estimate of drug-likeness (QED) is 0.788. The minimum absolute atomic E-state index is 0.133. The van der Waals surface area contributed by atoms with E-state index in [4.69, 9.17) is 4.74 Å². The van der Waals surface area contributed by atoms with Crippen molar-refractivity contribution in [1.82, 2.24) is 0 Å². The number of ether oxygens (including phenoxy) is 1. The molecule has 0 spiro atoms. The molecule has 0 unspecified atom stereocenters. The van der Waals surface area contributed by atoms with E-state index in [1.165, 1.54) is 6.92 Å². The third-order valence-electron chi connectivity index (χ3n) is 3.52. The van der Waals surface area contributed by atoms with Gasteiger partial charge in [-0.1, -0.05) is 19.9 Å². The minimum atomic E-state index is -0.207. The maximum Gasteiger partial charge on any atom is 0.255 e. The number of hydrogen-bond acceptors (Lipinski definition) is 3. The monoisotopic (exact) mass is 340 g/mol. The van der Waals surface area contributed by atoms with Gasteiger partial charge in [0.05, 0.1) is 6.61 Å². The summed E-state index contributed by atoms with van der Waals surface area (Å²) >= 11 is 0. The molecule has 0 saturated carbocycles. The first kappa shape index (κ1) is 18.5. The predicted octanol–water partition coefficient (Wildman–Crippen LogP) is 4.32. The first-order valence-electron chi connectivity index (χ1n) is 8.36. The molecule has 25 heavy (non-hydrogen) atoms. The van der Waals surface area contributed by atoms with Crippen LogP contribution in [0.15, 0.2) is 48.5 Å². The van der Waals surface area contributed by atoms with Gasteiger partial charge in [0.25, 0.3) is 5.91 Å². The summed E-state index contributed by atoms with van der Waals surface area (Å²) < 4.78 is 5.69. The molecule has 0 aliphatic heterocycles. The molecule has 0 saturated heterocycles. The Balaban J connectivity index is 1.97. The van der Waals surface area contributed by atoms with Crippen LogP contribution in [0.4, 0.5) is 11.4 Å². The van der Waals surface area contributed by atoms with Gasteiger partial charge in [0.2, 0.25) is 5.91 Å². The second-order valence-corrected chi connectivity index (χ2v) is 6.27. The summed E-state index contributed by atoms with van der Waals surface area (Å²) in [7, 11) is 0. The number of carbonyl (C=O) groups is 2. The highest BCUT2D eigenvalue weighted by Gasteiger charge is 2.08. The third kappa shape index (κ3) is 6.30. The van der Waals surface area contributed by atoms with Gasteiger partial charge in [-0.15, -0.1) is 0 Å². The van der Waals surface area contributed by atoms with Gasteiger partial charge < -0.3 is 15.4 Å². The second-order valence-electron chi connectivity index (χ2n) is 6.27. The first-order chi connectivity index (χ1) is 11.9. The molecule has 0 aliphatic rings. The number of nitrogens with one attached hydrogen (secondary N) is 2. The predicted molar refractivity (Wildman–Crippen MR) is 100 cm³/mol. The van der Waals surface area contributed by atoms with Gasteiger partial charge in [-0.05, 0) is 54.8 Å². The molecule has 0 bridgehead atoms. The summed E-state index contributed by atoms with van der Waals surface area (Å²) in [5.41, 5.74) is 1.88. The van der Waals surface area contributed by atoms with Crippen LogP contribution in [-0.4, -0.2) is 18.4 Å². The van der Waals surface area contributed by atoms with Gasteiger partial charge in [-0.3, -0.25) is 9.59 Å². The van der Waals surface area contributed by atoms with Crippen molar-refractivity contribution in [1.29, 1.82) is 0 Å². The van der Waals surface area contributed by atoms with Gasteiger partial charge in [0, 0.05) is 23.9 Å². The Morgan fingerprint density at radius 2 is 1.64 bits per heavy atom. The molecule has 0 fully saturated rings. The molecule has 2 aromatic carbocycles. The Bertz CT molecular complexity index is 724. The van der Waals surface area contributed by atoms with E-state index in [1.54, 1.807) is 42.5 Å². The van der Waals surface area contributed by atoms with Crippen molar-refractivity contribution in [2.75, 3.05) is 17.2 Å². The number of carbonyl (C=O) groups excluding carboxylic acids is 2. The molecule has 2 aromatic rings. The molecule has 5 nitrogen and oxygen atoms in total. The number of anilines is 2. The molecule has 132 valence electrons. The summed E-state index contributed by atoms with van der Waals surface area (Å²) in [4.78, 5) is 23.4. The smallest absolute Gasteiger partial charge is 0.255 e. The maximum absolute atomic E-state index is 12.4. The molecule has 5 heteroatoms. The summed E-state index contributed by atoms with van der Waals surface area (Å²) in [6.07, 6.45) is 0.969. The largest absolute Gasteiger partial charge is 0.494 e. The van der Waals surface area contributed by atoms with E-state index < -0.39 is 0 Å². The summed E-state index contributed by atoms with van der Waals surface area (Å²) in [6.45, 7) is 6.37. The fourth-order valence-corrected chi connectivity index (χ4v) is 2.18. The summed E-state index contributed by atoms with van der Waals surface area (Å²) in [5.74, 6) is 0.925. The van der Waals surface area contributed by atoms with Crippen LogP contribution in [0.1, 0.15) is 37.6 Å². The number of rotatable bonds is 7. The van der Waals surface area contributed by atoms with E-state index in [0.29, 0.717) is 35.2 Å². The Labute approximate surface area is 148 Å². The number of benzene rings is 2. The van der Waals surface area contributed by atoms with E-state index in [-0.39, 0.29) is 11.8 Å². The van der Waals surface area contributed by atoms with Crippen molar-refractivity contribution < 1.29 is 14.3 Å². The third-order valence-corrected chi connectivity index (χ3v) is 3.52. The van der Waals surface area contributed by atoms with Crippen molar-refractivity contribution in [2.24, 2.45) is 5.92 Å². The molecule has 0 aromatic heterocycles. The summed E-state index contributed by atoms with van der Waals surface area (Å²) in [5, 5.41) is 5.52. The fraction of sp³-hybridized carbons (Fsp3) is 0.300. The zero-order chi connectivity index (χ0) is 18.2. The molecule has 0 aliphatic carbocycles.